The predicted molar refractivity (Wildman–Crippen MR) is 66.8 cm³/mol. The Labute approximate surface area is 101 Å². The van der Waals surface area contributed by atoms with Crippen molar-refractivity contribution in [2.75, 3.05) is 19.7 Å². The van der Waals surface area contributed by atoms with Crippen molar-refractivity contribution in [2.45, 2.75) is 19.9 Å². The van der Waals surface area contributed by atoms with E-state index >= 15 is 0 Å². The van der Waals surface area contributed by atoms with Gasteiger partial charge in [-0.15, -0.1) is 0 Å². The maximum atomic E-state index is 9.01. The van der Waals surface area contributed by atoms with Crippen molar-refractivity contribution in [3.8, 4) is 0 Å². The first-order valence-electron chi connectivity index (χ1n) is 5.96. The van der Waals surface area contributed by atoms with Crippen molar-refractivity contribution in [3.63, 3.8) is 0 Å². The summed E-state index contributed by atoms with van der Waals surface area (Å²) in [5.74, 6) is 0.710. The molecule has 0 aliphatic carbocycles. The lowest BCUT2D eigenvalue weighted by Gasteiger charge is -2.24. The monoisotopic (exact) mass is 234 g/mol. The van der Waals surface area contributed by atoms with Crippen LogP contribution in [0, 0.1) is 0 Å². The maximum absolute atomic E-state index is 9.01. The molecule has 0 bridgehead atoms. The number of oxazole rings is 1. The molecule has 0 saturated heterocycles. The molecule has 2 rings (SSSR count). The maximum Gasteiger partial charge on any atom is 0.212 e. The lowest BCUT2D eigenvalue weighted by atomic mass is 10.3. The average molecular weight is 234 g/mol. The highest BCUT2D eigenvalue weighted by molar-refractivity contribution is 5.72. The summed E-state index contributed by atoms with van der Waals surface area (Å²) in [7, 11) is 0. The molecule has 4 nitrogen and oxygen atoms in total. The smallest absolute Gasteiger partial charge is 0.212 e. The average Bonchev–Trinajstić information content (AvgIpc) is 2.78. The fourth-order valence-corrected chi connectivity index (χ4v) is 1.98. The van der Waals surface area contributed by atoms with Gasteiger partial charge in [-0.2, -0.15) is 0 Å². The number of aromatic nitrogens is 1. The molecule has 4 heteroatoms. The number of hydrogen-bond acceptors (Lipinski definition) is 4. The molecule has 0 amide bonds. The largest absolute Gasteiger partial charge is 0.439 e. The number of rotatable bonds is 5. The summed E-state index contributed by atoms with van der Waals surface area (Å²) >= 11 is 0. The van der Waals surface area contributed by atoms with E-state index in [4.69, 9.17) is 9.52 Å². The number of fused-ring (bicyclic) bond motifs is 1. The molecule has 1 aromatic carbocycles. The van der Waals surface area contributed by atoms with Crippen LogP contribution in [0.15, 0.2) is 28.7 Å². The minimum atomic E-state index is 0.0829. The zero-order valence-electron chi connectivity index (χ0n) is 10.3. The number of nitrogens with zero attached hydrogens (tertiary/aromatic N) is 2. The lowest BCUT2D eigenvalue weighted by molar-refractivity contribution is 0.150. The van der Waals surface area contributed by atoms with E-state index in [1.807, 2.05) is 31.2 Å². The van der Waals surface area contributed by atoms with Gasteiger partial charge in [0.1, 0.15) is 5.52 Å². The van der Waals surface area contributed by atoms with E-state index in [2.05, 4.69) is 16.8 Å². The second-order valence-electron chi connectivity index (χ2n) is 4.05. The highest BCUT2D eigenvalue weighted by Gasteiger charge is 2.19. The van der Waals surface area contributed by atoms with Crippen molar-refractivity contribution in [1.82, 2.24) is 9.88 Å². The zero-order chi connectivity index (χ0) is 12.3. The third kappa shape index (κ3) is 2.48. The van der Waals surface area contributed by atoms with E-state index < -0.39 is 0 Å². The second-order valence-corrected chi connectivity index (χ2v) is 4.05. The van der Waals surface area contributed by atoms with Crippen LogP contribution in [-0.4, -0.2) is 34.7 Å². The highest BCUT2D eigenvalue weighted by atomic mass is 16.3. The Balaban J connectivity index is 2.25. The van der Waals surface area contributed by atoms with E-state index in [-0.39, 0.29) is 12.6 Å². The number of likely N-dealkylation sites (N-methyl/N-ethyl adjacent to an activating group) is 1. The first kappa shape index (κ1) is 12.1. The molecule has 1 N–H and O–H groups in total. The van der Waals surface area contributed by atoms with Gasteiger partial charge in [-0.25, -0.2) is 4.98 Å². The molecule has 0 saturated carbocycles. The molecule has 92 valence electrons. The van der Waals surface area contributed by atoms with Gasteiger partial charge in [0.2, 0.25) is 5.89 Å². The van der Waals surface area contributed by atoms with Crippen LogP contribution in [0.3, 0.4) is 0 Å². The molecule has 1 atom stereocenters. The van der Waals surface area contributed by atoms with Gasteiger partial charge in [0, 0.05) is 6.54 Å². The van der Waals surface area contributed by atoms with Crippen molar-refractivity contribution < 1.29 is 9.52 Å². The summed E-state index contributed by atoms with van der Waals surface area (Å²) in [6, 6.07) is 7.83. The van der Waals surface area contributed by atoms with E-state index in [0.717, 1.165) is 17.6 Å². The zero-order valence-corrected chi connectivity index (χ0v) is 10.3. The molecular formula is C13H18N2O2. The van der Waals surface area contributed by atoms with E-state index in [9.17, 15) is 0 Å². The van der Waals surface area contributed by atoms with Crippen molar-refractivity contribution in [3.05, 3.63) is 30.2 Å². The number of para-hydroxylation sites is 2. The summed E-state index contributed by atoms with van der Waals surface area (Å²) in [5, 5.41) is 9.01. The van der Waals surface area contributed by atoms with Gasteiger partial charge in [-0.3, -0.25) is 4.90 Å². The molecular weight excluding hydrogens is 216 g/mol. The Morgan fingerprint density at radius 3 is 2.82 bits per heavy atom. The molecule has 17 heavy (non-hydrogen) atoms. The summed E-state index contributed by atoms with van der Waals surface area (Å²) in [5.41, 5.74) is 1.70. The van der Waals surface area contributed by atoms with Crippen molar-refractivity contribution in [2.24, 2.45) is 0 Å². The van der Waals surface area contributed by atoms with Gasteiger partial charge >= 0.3 is 0 Å². The molecule has 1 heterocycles. The van der Waals surface area contributed by atoms with Crippen molar-refractivity contribution >= 4 is 11.1 Å². The minimum Gasteiger partial charge on any atom is -0.439 e. The second kappa shape index (κ2) is 5.29. The summed E-state index contributed by atoms with van der Waals surface area (Å²) in [4.78, 5) is 6.60. The first-order valence-corrected chi connectivity index (χ1v) is 5.96. The molecule has 2 aromatic rings. The molecule has 0 fully saturated rings. The molecule has 1 aromatic heterocycles. The Kier molecular flexibility index (Phi) is 3.76. The predicted octanol–water partition coefficient (Wildman–Crippen LogP) is 2.20. The number of benzene rings is 1. The number of aliphatic hydroxyl groups is 1. The lowest BCUT2D eigenvalue weighted by Crippen LogP contribution is -2.29. The van der Waals surface area contributed by atoms with Gasteiger partial charge < -0.3 is 9.52 Å². The Bertz CT molecular complexity index is 448. The molecule has 1 unspecified atom stereocenters. The normalized spacial score (nSPS) is 13.4. The molecule has 0 radical (unpaired) electrons. The van der Waals surface area contributed by atoms with Crippen LogP contribution in [0.2, 0.25) is 0 Å². The van der Waals surface area contributed by atoms with Crippen LogP contribution < -0.4 is 0 Å². The topological polar surface area (TPSA) is 49.5 Å². The highest BCUT2D eigenvalue weighted by Crippen LogP contribution is 2.23. The van der Waals surface area contributed by atoms with Gasteiger partial charge in [-0.05, 0) is 25.6 Å². The Hall–Kier alpha value is -1.39. The fraction of sp³-hybridized carbons (Fsp3) is 0.462. The SMILES string of the molecule is CCN(CCO)C(C)c1nc2ccccc2o1. The molecule has 0 aliphatic rings. The standard InChI is InChI=1S/C13H18N2O2/c1-3-15(8-9-16)10(2)13-14-11-6-4-5-7-12(11)17-13/h4-7,10,16H,3,8-9H2,1-2H3. The van der Waals surface area contributed by atoms with E-state index in [0.29, 0.717) is 12.4 Å². The number of hydrogen-bond donors (Lipinski definition) is 1. The van der Waals surface area contributed by atoms with Crippen molar-refractivity contribution in [1.29, 1.82) is 0 Å². The van der Waals surface area contributed by atoms with Crippen LogP contribution >= 0.6 is 0 Å². The Morgan fingerprint density at radius 2 is 2.18 bits per heavy atom. The molecule has 0 aliphatic heterocycles. The fourth-order valence-electron chi connectivity index (χ4n) is 1.98. The van der Waals surface area contributed by atoms with Gasteiger partial charge in [0.25, 0.3) is 0 Å². The van der Waals surface area contributed by atoms with Crippen LogP contribution in [0.4, 0.5) is 0 Å². The van der Waals surface area contributed by atoms with Gasteiger partial charge in [0.15, 0.2) is 5.58 Å². The Morgan fingerprint density at radius 1 is 1.41 bits per heavy atom. The van der Waals surface area contributed by atoms with E-state index in [1.165, 1.54) is 0 Å². The van der Waals surface area contributed by atoms with Gasteiger partial charge in [0.05, 0.1) is 12.6 Å². The van der Waals surface area contributed by atoms with E-state index in [1.54, 1.807) is 0 Å². The summed E-state index contributed by atoms with van der Waals surface area (Å²) in [6.07, 6.45) is 0. The third-order valence-corrected chi connectivity index (χ3v) is 3.01. The minimum absolute atomic E-state index is 0.0829. The first-order chi connectivity index (χ1) is 8.26. The third-order valence-electron chi connectivity index (χ3n) is 3.01. The van der Waals surface area contributed by atoms with Crippen LogP contribution in [0.5, 0.6) is 0 Å². The number of aliphatic hydroxyl groups excluding tert-OH is 1. The van der Waals surface area contributed by atoms with Crippen LogP contribution in [0.1, 0.15) is 25.8 Å². The summed E-state index contributed by atoms with van der Waals surface area (Å²) in [6.45, 7) is 5.76. The van der Waals surface area contributed by atoms with Crippen LogP contribution in [-0.2, 0) is 0 Å². The van der Waals surface area contributed by atoms with Crippen LogP contribution in [0.25, 0.3) is 11.1 Å². The molecule has 0 spiro atoms. The van der Waals surface area contributed by atoms with Gasteiger partial charge in [-0.1, -0.05) is 19.1 Å². The quantitative estimate of drug-likeness (QED) is 0.861. The summed E-state index contributed by atoms with van der Waals surface area (Å²) < 4.78 is 5.72.